The summed E-state index contributed by atoms with van der Waals surface area (Å²) in [4.78, 5) is 7.72. The van der Waals surface area contributed by atoms with Gasteiger partial charge in [-0.1, -0.05) is 5.16 Å². The van der Waals surface area contributed by atoms with E-state index in [4.69, 9.17) is 4.52 Å². The number of nitrogens with zero attached hydrogens (tertiary/aromatic N) is 3. The molecule has 2 heterocycles. The fraction of sp³-hybridized carbons (Fsp3) is 0.0714. The third kappa shape index (κ3) is 3.05. The number of halogens is 3. The standard InChI is InChI=1S/C14H7F3N3O2/c15-9-3-1-8(2-4-9)12-5-11(20-22-12)13-18-6-10(7-19-13)21-14(16)17/h1,3-7,14H. The number of ether oxygens (including phenoxy) is 1. The summed E-state index contributed by atoms with van der Waals surface area (Å²) in [6.45, 7) is -2.94. The Bertz CT molecular complexity index is 758. The van der Waals surface area contributed by atoms with Crippen LogP contribution in [0.3, 0.4) is 0 Å². The molecule has 0 saturated heterocycles. The second-order valence-electron chi connectivity index (χ2n) is 4.12. The van der Waals surface area contributed by atoms with Crippen LogP contribution in [0.25, 0.3) is 22.8 Å². The average molecular weight is 306 g/mol. The molecular weight excluding hydrogens is 299 g/mol. The minimum absolute atomic E-state index is 0.158. The highest BCUT2D eigenvalue weighted by molar-refractivity contribution is 5.62. The summed E-state index contributed by atoms with van der Waals surface area (Å²) in [5, 5.41) is 3.77. The van der Waals surface area contributed by atoms with Crippen LogP contribution in [0, 0.1) is 11.9 Å². The van der Waals surface area contributed by atoms with Gasteiger partial charge in [0.2, 0.25) is 0 Å². The van der Waals surface area contributed by atoms with Crippen molar-refractivity contribution in [1.82, 2.24) is 15.1 Å². The van der Waals surface area contributed by atoms with E-state index in [2.05, 4.69) is 25.9 Å². The lowest BCUT2D eigenvalue weighted by molar-refractivity contribution is -0.0503. The minimum Gasteiger partial charge on any atom is -0.432 e. The van der Waals surface area contributed by atoms with E-state index in [9.17, 15) is 13.2 Å². The molecule has 0 saturated carbocycles. The summed E-state index contributed by atoms with van der Waals surface area (Å²) in [6, 6.07) is 8.15. The molecule has 5 nitrogen and oxygen atoms in total. The molecule has 8 heteroatoms. The first-order valence-corrected chi connectivity index (χ1v) is 6.03. The monoisotopic (exact) mass is 306 g/mol. The van der Waals surface area contributed by atoms with Crippen LogP contribution in [-0.2, 0) is 0 Å². The van der Waals surface area contributed by atoms with E-state index in [1.54, 1.807) is 0 Å². The first-order valence-electron chi connectivity index (χ1n) is 6.03. The Kier molecular flexibility index (Phi) is 3.73. The fourth-order valence-electron chi connectivity index (χ4n) is 1.68. The summed E-state index contributed by atoms with van der Waals surface area (Å²) in [7, 11) is 0. The van der Waals surface area contributed by atoms with E-state index in [0.717, 1.165) is 12.4 Å². The molecule has 0 fully saturated rings. The molecule has 1 aromatic carbocycles. The summed E-state index contributed by atoms with van der Waals surface area (Å²) in [6.07, 6.45) is 2.21. The van der Waals surface area contributed by atoms with Crippen molar-refractivity contribution < 1.29 is 22.4 Å². The van der Waals surface area contributed by atoms with Crippen LogP contribution < -0.4 is 4.74 Å². The van der Waals surface area contributed by atoms with Crippen molar-refractivity contribution in [2.45, 2.75) is 6.61 Å². The van der Waals surface area contributed by atoms with Crippen molar-refractivity contribution in [2.24, 2.45) is 0 Å². The molecular formula is C14H7F3N3O2. The number of hydrogen-bond donors (Lipinski definition) is 0. The zero-order chi connectivity index (χ0) is 15.5. The Morgan fingerprint density at radius 2 is 1.95 bits per heavy atom. The Labute approximate surface area is 122 Å². The Morgan fingerprint density at radius 3 is 2.59 bits per heavy atom. The smallest absolute Gasteiger partial charge is 0.387 e. The molecule has 0 aliphatic heterocycles. The highest BCUT2D eigenvalue weighted by Gasteiger charge is 2.12. The number of rotatable bonds is 4. The van der Waals surface area contributed by atoms with Gasteiger partial charge in [0.1, 0.15) is 5.82 Å². The van der Waals surface area contributed by atoms with Gasteiger partial charge in [0.05, 0.1) is 12.4 Å². The second-order valence-corrected chi connectivity index (χ2v) is 4.12. The van der Waals surface area contributed by atoms with E-state index in [-0.39, 0.29) is 11.6 Å². The molecule has 0 unspecified atom stereocenters. The minimum atomic E-state index is -2.94. The zero-order valence-corrected chi connectivity index (χ0v) is 10.8. The van der Waals surface area contributed by atoms with Gasteiger partial charge in [0.15, 0.2) is 23.0 Å². The van der Waals surface area contributed by atoms with Gasteiger partial charge in [-0.15, -0.1) is 0 Å². The van der Waals surface area contributed by atoms with Gasteiger partial charge < -0.3 is 9.26 Å². The van der Waals surface area contributed by atoms with Gasteiger partial charge in [-0.3, -0.25) is 0 Å². The summed E-state index contributed by atoms with van der Waals surface area (Å²) in [5.74, 6) is -0.0407. The quantitative estimate of drug-likeness (QED) is 0.740. The Balaban J connectivity index is 1.82. The number of benzene rings is 1. The maximum absolute atomic E-state index is 12.8. The van der Waals surface area contributed by atoms with E-state index < -0.39 is 12.4 Å². The van der Waals surface area contributed by atoms with Crippen molar-refractivity contribution in [1.29, 1.82) is 0 Å². The first-order chi connectivity index (χ1) is 10.6. The summed E-state index contributed by atoms with van der Waals surface area (Å²) >= 11 is 0. The molecule has 111 valence electrons. The van der Waals surface area contributed by atoms with E-state index in [0.29, 0.717) is 17.0 Å². The molecule has 0 bridgehead atoms. The van der Waals surface area contributed by atoms with Crippen LogP contribution in [0.15, 0.2) is 41.2 Å². The fourth-order valence-corrected chi connectivity index (χ4v) is 1.68. The van der Waals surface area contributed by atoms with Crippen molar-refractivity contribution >= 4 is 0 Å². The molecule has 22 heavy (non-hydrogen) atoms. The Morgan fingerprint density at radius 1 is 1.18 bits per heavy atom. The van der Waals surface area contributed by atoms with E-state index in [1.807, 2.05) is 0 Å². The molecule has 0 spiro atoms. The topological polar surface area (TPSA) is 61.0 Å². The van der Waals surface area contributed by atoms with Gasteiger partial charge in [0, 0.05) is 11.6 Å². The van der Waals surface area contributed by atoms with Gasteiger partial charge in [-0.2, -0.15) is 8.78 Å². The average Bonchev–Trinajstić information content (AvgIpc) is 2.98. The molecule has 3 aromatic rings. The maximum Gasteiger partial charge on any atom is 0.387 e. The van der Waals surface area contributed by atoms with Gasteiger partial charge in [-0.05, 0) is 24.3 Å². The van der Waals surface area contributed by atoms with Gasteiger partial charge >= 0.3 is 6.61 Å². The normalized spacial score (nSPS) is 10.9. The predicted molar refractivity (Wildman–Crippen MR) is 68.4 cm³/mol. The molecule has 0 amide bonds. The number of aromatic nitrogens is 3. The maximum atomic E-state index is 12.8. The lowest BCUT2D eigenvalue weighted by atomic mass is 10.1. The van der Waals surface area contributed by atoms with Crippen LogP contribution in [0.5, 0.6) is 5.75 Å². The van der Waals surface area contributed by atoms with Crippen molar-refractivity contribution in [2.75, 3.05) is 0 Å². The molecule has 0 N–H and O–H groups in total. The van der Waals surface area contributed by atoms with Crippen LogP contribution in [-0.4, -0.2) is 21.7 Å². The summed E-state index contributed by atoms with van der Waals surface area (Å²) < 4.78 is 46.1. The summed E-state index contributed by atoms with van der Waals surface area (Å²) in [5.41, 5.74) is 0.814. The molecule has 0 aliphatic carbocycles. The Hall–Kier alpha value is -2.90. The third-order valence-electron chi connectivity index (χ3n) is 2.63. The largest absolute Gasteiger partial charge is 0.432 e. The predicted octanol–water partition coefficient (Wildman–Crippen LogP) is 3.34. The van der Waals surface area contributed by atoms with Gasteiger partial charge in [-0.25, -0.2) is 14.4 Å². The van der Waals surface area contributed by atoms with Crippen molar-refractivity contribution in [3.8, 4) is 28.6 Å². The van der Waals surface area contributed by atoms with Crippen LogP contribution >= 0.6 is 0 Å². The van der Waals surface area contributed by atoms with E-state index >= 15 is 0 Å². The lowest BCUT2D eigenvalue weighted by Gasteiger charge is -2.02. The van der Waals surface area contributed by atoms with Gasteiger partial charge in [0.25, 0.3) is 0 Å². The van der Waals surface area contributed by atoms with Crippen molar-refractivity contribution in [3.63, 3.8) is 0 Å². The molecule has 1 radical (unpaired) electrons. The van der Waals surface area contributed by atoms with E-state index in [1.165, 1.54) is 24.3 Å². The molecule has 0 aliphatic rings. The molecule has 3 rings (SSSR count). The number of alkyl halides is 2. The number of hydrogen-bond acceptors (Lipinski definition) is 5. The highest BCUT2D eigenvalue weighted by atomic mass is 19.3. The zero-order valence-electron chi connectivity index (χ0n) is 10.8. The third-order valence-corrected chi connectivity index (χ3v) is 2.63. The molecule has 0 atom stereocenters. The van der Waals surface area contributed by atoms with Crippen LogP contribution in [0.2, 0.25) is 0 Å². The van der Waals surface area contributed by atoms with Crippen LogP contribution in [0.4, 0.5) is 13.2 Å². The first kappa shape index (κ1) is 14.1. The highest BCUT2D eigenvalue weighted by Crippen LogP contribution is 2.24. The second kappa shape index (κ2) is 5.84. The molecule has 2 aromatic heterocycles. The van der Waals surface area contributed by atoms with Crippen molar-refractivity contribution in [3.05, 3.63) is 48.5 Å². The van der Waals surface area contributed by atoms with Crippen LogP contribution in [0.1, 0.15) is 0 Å². The lowest BCUT2D eigenvalue weighted by Crippen LogP contribution is -2.03. The SMILES string of the molecule is Fc1c[c]c(-c2cc(-c3ncc(OC(F)F)cn3)no2)cc1.